The van der Waals surface area contributed by atoms with Gasteiger partial charge in [-0.3, -0.25) is 4.79 Å². The molecule has 5 heteroatoms. The number of phenolic OH excluding ortho intramolecular Hbond substituents is 1. The van der Waals surface area contributed by atoms with Crippen molar-refractivity contribution in [1.82, 2.24) is 0 Å². The van der Waals surface area contributed by atoms with E-state index in [0.717, 1.165) is 21.3 Å². The van der Waals surface area contributed by atoms with E-state index in [0.29, 0.717) is 10.0 Å². The minimum absolute atomic E-state index is 0.0434. The highest BCUT2D eigenvalue weighted by Gasteiger charge is 2.12. The minimum Gasteiger partial charge on any atom is -0.507 e. The maximum absolute atomic E-state index is 12.2. The molecule has 3 nitrogen and oxygen atoms in total. The second kappa shape index (κ2) is 5.97. The Labute approximate surface area is 134 Å². The molecule has 0 aromatic heterocycles. The summed E-state index contributed by atoms with van der Waals surface area (Å²) in [6.07, 6.45) is 0. The average molecular weight is 399 g/mol. The molecular weight excluding hydrogens is 386 g/mol. The summed E-state index contributed by atoms with van der Waals surface area (Å²) in [6, 6.07) is 8.63. The normalized spacial score (nSPS) is 10.4. The van der Waals surface area contributed by atoms with E-state index in [1.54, 1.807) is 12.1 Å². The summed E-state index contributed by atoms with van der Waals surface area (Å²) in [5.74, 6) is -0.205. The lowest BCUT2D eigenvalue weighted by Gasteiger charge is -2.12. The molecule has 0 aliphatic rings. The number of anilines is 1. The van der Waals surface area contributed by atoms with Crippen LogP contribution in [0.3, 0.4) is 0 Å². The van der Waals surface area contributed by atoms with E-state index in [1.807, 2.05) is 26.0 Å². The Hall–Kier alpha value is -1.33. The van der Waals surface area contributed by atoms with Crippen molar-refractivity contribution in [2.45, 2.75) is 13.8 Å². The van der Waals surface area contributed by atoms with Crippen LogP contribution in [-0.4, -0.2) is 11.0 Å². The molecule has 20 heavy (non-hydrogen) atoms. The van der Waals surface area contributed by atoms with E-state index in [2.05, 4.69) is 37.2 Å². The summed E-state index contributed by atoms with van der Waals surface area (Å²) in [6.45, 7) is 3.87. The Morgan fingerprint density at radius 1 is 1.10 bits per heavy atom. The van der Waals surface area contributed by atoms with Gasteiger partial charge in [0.15, 0.2) is 0 Å². The molecule has 0 spiro atoms. The first-order chi connectivity index (χ1) is 9.38. The number of carbonyl (C=O) groups excluding carboxylic acids is 1. The van der Waals surface area contributed by atoms with Crippen molar-refractivity contribution in [3.63, 3.8) is 0 Å². The lowest BCUT2D eigenvalue weighted by Crippen LogP contribution is -2.13. The lowest BCUT2D eigenvalue weighted by atomic mass is 10.1. The van der Waals surface area contributed by atoms with Crippen molar-refractivity contribution >= 4 is 43.5 Å². The van der Waals surface area contributed by atoms with E-state index in [9.17, 15) is 9.90 Å². The summed E-state index contributed by atoms with van der Waals surface area (Å²) in [5, 5.41) is 12.5. The molecule has 0 aliphatic carbocycles. The molecule has 0 unspecified atom stereocenters. The van der Waals surface area contributed by atoms with Gasteiger partial charge in [0.2, 0.25) is 0 Å². The average Bonchev–Trinajstić information content (AvgIpc) is 2.36. The minimum atomic E-state index is -0.249. The maximum atomic E-state index is 12.2. The molecule has 0 radical (unpaired) electrons. The summed E-state index contributed by atoms with van der Waals surface area (Å²) in [4.78, 5) is 12.2. The lowest BCUT2D eigenvalue weighted by molar-refractivity contribution is 0.102. The fourth-order valence-electron chi connectivity index (χ4n) is 1.95. The van der Waals surface area contributed by atoms with Crippen LogP contribution >= 0.6 is 31.9 Å². The molecule has 0 bridgehead atoms. The number of aromatic hydroxyl groups is 1. The quantitative estimate of drug-likeness (QED) is 0.764. The number of nitrogens with one attached hydrogen (secondary N) is 1. The molecule has 0 atom stereocenters. The summed E-state index contributed by atoms with van der Waals surface area (Å²) < 4.78 is 1.54. The number of amides is 1. The molecule has 1 amide bonds. The third-order valence-electron chi connectivity index (χ3n) is 2.94. The second-order valence-corrected chi connectivity index (χ2v) is 6.30. The van der Waals surface area contributed by atoms with Gasteiger partial charge in [0.25, 0.3) is 5.91 Å². The Bertz CT molecular complexity index is 661. The Morgan fingerprint density at radius 3 is 2.25 bits per heavy atom. The van der Waals surface area contributed by atoms with Gasteiger partial charge >= 0.3 is 0 Å². The van der Waals surface area contributed by atoms with Gasteiger partial charge in [-0.2, -0.15) is 0 Å². The molecule has 2 aromatic carbocycles. The summed E-state index contributed by atoms with van der Waals surface area (Å²) in [7, 11) is 0. The number of rotatable bonds is 2. The number of benzene rings is 2. The van der Waals surface area contributed by atoms with Gasteiger partial charge in [0.05, 0.1) is 4.47 Å². The first kappa shape index (κ1) is 15.1. The SMILES string of the molecule is Cc1cc(Br)cc(C)c1NC(=O)c1ccc(Br)c(O)c1. The molecule has 2 rings (SSSR count). The van der Waals surface area contributed by atoms with Gasteiger partial charge in [-0.1, -0.05) is 15.9 Å². The molecule has 0 heterocycles. The van der Waals surface area contributed by atoms with Crippen molar-refractivity contribution in [3.05, 3.63) is 56.0 Å². The first-order valence-corrected chi connectivity index (χ1v) is 7.53. The van der Waals surface area contributed by atoms with Crippen LogP contribution in [0, 0.1) is 13.8 Å². The van der Waals surface area contributed by atoms with Crippen LogP contribution in [0.2, 0.25) is 0 Å². The van der Waals surface area contributed by atoms with E-state index in [1.165, 1.54) is 6.07 Å². The molecule has 0 fully saturated rings. The summed E-state index contributed by atoms with van der Waals surface area (Å²) in [5.41, 5.74) is 3.16. The van der Waals surface area contributed by atoms with Crippen LogP contribution in [-0.2, 0) is 0 Å². The van der Waals surface area contributed by atoms with E-state index >= 15 is 0 Å². The third kappa shape index (κ3) is 3.22. The predicted octanol–water partition coefficient (Wildman–Crippen LogP) is 4.79. The topological polar surface area (TPSA) is 49.3 Å². The number of aryl methyl sites for hydroxylation is 2. The van der Waals surface area contributed by atoms with Crippen LogP contribution in [0.25, 0.3) is 0 Å². The highest BCUT2D eigenvalue weighted by Crippen LogP contribution is 2.27. The van der Waals surface area contributed by atoms with Crippen molar-refractivity contribution in [1.29, 1.82) is 0 Å². The van der Waals surface area contributed by atoms with Crippen LogP contribution < -0.4 is 5.32 Å². The Morgan fingerprint density at radius 2 is 1.70 bits per heavy atom. The zero-order valence-electron chi connectivity index (χ0n) is 11.0. The van der Waals surface area contributed by atoms with Gasteiger partial charge < -0.3 is 10.4 Å². The van der Waals surface area contributed by atoms with Crippen molar-refractivity contribution < 1.29 is 9.90 Å². The van der Waals surface area contributed by atoms with E-state index < -0.39 is 0 Å². The van der Waals surface area contributed by atoms with Crippen molar-refractivity contribution in [3.8, 4) is 5.75 Å². The van der Waals surface area contributed by atoms with Crippen LogP contribution in [0.15, 0.2) is 39.3 Å². The van der Waals surface area contributed by atoms with E-state index in [-0.39, 0.29) is 11.7 Å². The largest absolute Gasteiger partial charge is 0.507 e. The zero-order chi connectivity index (χ0) is 14.9. The molecule has 0 saturated heterocycles. The fourth-order valence-corrected chi connectivity index (χ4v) is 2.88. The molecule has 0 aliphatic heterocycles. The Balaban J connectivity index is 2.30. The van der Waals surface area contributed by atoms with Gasteiger partial charge in [-0.05, 0) is 71.2 Å². The molecule has 0 saturated carbocycles. The fraction of sp³-hybridized carbons (Fsp3) is 0.133. The highest BCUT2D eigenvalue weighted by atomic mass is 79.9. The van der Waals surface area contributed by atoms with Crippen LogP contribution in [0.4, 0.5) is 5.69 Å². The molecule has 2 N–H and O–H groups in total. The molecule has 2 aromatic rings. The third-order valence-corrected chi connectivity index (χ3v) is 4.07. The van der Waals surface area contributed by atoms with Gasteiger partial charge in [-0.25, -0.2) is 0 Å². The number of halogens is 2. The number of hydrogen-bond donors (Lipinski definition) is 2. The Kier molecular flexibility index (Phi) is 4.50. The first-order valence-electron chi connectivity index (χ1n) is 5.95. The van der Waals surface area contributed by atoms with Crippen molar-refractivity contribution in [2.24, 2.45) is 0 Å². The van der Waals surface area contributed by atoms with E-state index in [4.69, 9.17) is 0 Å². The van der Waals surface area contributed by atoms with Crippen LogP contribution in [0.5, 0.6) is 5.75 Å². The predicted molar refractivity (Wildman–Crippen MR) is 87.4 cm³/mol. The van der Waals surface area contributed by atoms with Gasteiger partial charge in [0.1, 0.15) is 5.75 Å². The maximum Gasteiger partial charge on any atom is 0.255 e. The number of phenols is 1. The zero-order valence-corrected chi connectivity index (χ0v) is 14.2. The van der Waals surface area contributed by atoms with Crippen LogP contribution in [0.1, 0.15) is 21.5 Å². The second-order valence-electron chi connectivity index (χ2n) is 4.53. The monoisotopic (exact) mass is 397 g/mol. The highest BCUT2D eigenvalue weighted by molar-refractivity contribution is 9.10. The molecule has 104 valence electrons. The van der Waals surface area contributed by atoms with Crippen molar-refractivity contribution in [2.75, 3.05) is 5.32 Å². The summed E-state index contributed by atoms with van der Waals surface area (Å²) >= 11 is 6.61. The standard InChI is InChI=1S/C15H13Br2NO2/c1-8-5-11(16)6-9(2)14(8)18-15(20)10-3-4-12(17)13(19)7-10/h3-7,19H,1-2H3,(H,18,20). The molecular formula is C15H13Br2NO2. The number of hydrogen-bond acceptors (Lipinski definition) is 2. The van der Waals surface area contributed by atoms with Gasteiger partial charge in [0, 0.05) is 15.7 Å². The smallest absolute Gasteiger partial charge is 0.255 e. The van der Waals surface area contributed by atoms with Gasteiger partial charge in [-0.15, -0.1) is 0 Å². The number of carbonyl (C=O) groups is 1.